The molecule has 0 atom stereocenters. The average Bonchev–Trinajstić information content (AvgIpc) is 2.81. The lowest BCUT2D eigenvalue weighted by molar-refractivity contribution is -0.0145. The first-order chi connectivity index (χ1) is 9.20. The minimum atomic E-state index is -0.445. The number of nitrogens with two attached hydrogens (primary N) is 1. The average molecular weight is 255 g/mol. The normalized spacial score (nSPS) is 18.1. The van der Waals surface area contributed by atoms with Crippen molar-refractivity contribution in [1.29, 1.82) is 0 Å². The number of fused-ring (bicyclic) bond motifs is 4. The standard InChI is InChI=1S/C14H13N3O2/c15-13(18)10-6-9-12(17-10)8-2-5-16-7-11(8)19-14(9)3-1-4-14/h2,5-7,17H,1,3-4H2,(H2,15,18). The molecule has 1 aliphatic carbocycles. The van der Waals surface area contributed by atoms with E-state index >= 15 is 0 Å². The molecule has 5 nitrogen and oxygen atoms in total. The van der Waals surface area contributed by atoms with Gasteiger partial charge in [0.05, 0.1) is 11.9 Å². The lowest BCUT2D eigenvalue weighted by Gasteiger charge is -2.45. The molecule has 5 heteroatoms. The third kappa shape index (κ3) is 1.30. The number of carbonyl (C=O) groups is 1. The SMILES string of the molecule is NC(=O)c1cc2c([nH]1)-c1ccncc1OC21CCC1. The van der Waals surface area contributed by atoms with E-state index in [4.69, 9.17) is 10.5 Å². The fourth-order valence-electron chi connectivity index (χ4n) is 2.96. The van der Waals surface area contributed by atoms with Crippen LogP contribution in [0, 0.1) is 0 Å². The molecule has 0 unspecified atom stereocenters. The number of primary amides is 1. The number of carbonyl (C=O) groups excluding carboxylic acids is 1. The van der Waals surface area contributed by atoms with E-state index in [2.05, 4.69) is 9.97 Å². The second-order valence-electron chi connectivity index (χ2n) is 5.16. The number of rotatable bonds is 1. The Hall–Kier alpha value is -2.30. The van der Waals surface area contributed by atoms with E-state index in [0.29, 0.717) is 5.69 Å². The molecule has 3 N–H and O–H groups in total. The summed E-state index contributed by atoms with van der Waals surface area (Å²) in [6.07, 6.45) is 6.50. The zero-order valence-corrected chi connectivity index (χ0v) is 10.3. The Morgan fingerprint density at radius 2 is 2.32 bits per heavy atom. The Bertz CT molecular complexity index is 686. The molecule has 96 valence electrons. The summed E-state index contributed by atoms with van der Waals surface area (Å²) in [5, 5.41) is 0. The van der Waals surface area contributed by atoms with Crippen LogP contribution >= 0.6 is 0 Å². The van der Waals surface area contributed by atoms with Crippen molar-refractivity contribution < 1.29 is 9.53 Å². The van der Waals surface area contributed by atoms with Gasteiger partial charge in [0.25, 0.3) is 5.91 Å². The predicted molar refractivity (Wildman–Crippen MR) is 68.7 cm³/mol. The van der Waals surface area contributed by atoms with Crippen molar-refractivity contribution in [3.8, 4) is 17.0 Å². The van der Waals surface area contributed by atoms with E-state index in [1.165, 1.54) is 0 Å². The topological polar surface area (TPSA) is 81.0 Å². The van der Waals surface area contributed by atoms with E-state index in [-0.39, 0.29) is 5.60 Å². The van der Waals surface area contributed by atoms with Crippen LogP contribution in [0.4, 0.5) is 0 Å². The summed E-state index contributed by atoms with van der Waals surface area (Å²) in [4.78, 5) is 18.6. The predicted octanol–water partition coefficient (Wildman–Crippen LogP) is 1.95. The first-order valence-electron chi connectivity index (χ1n) is 6.36. The number of aromatic amines is 1. The molecule has 1 fully saturated rings. The van der Waals surface area contributed by atoms with Gasteiger partial charge in [0.15, 0.2) is 0 Å². The van der Waals surface area contributed by atoms with Gasteiger partial charge in [-0.15, -0.1) is 0 Å². The Morgan fingerprint density at radius 3 is 3.00 bits per heavy atom. The molecule has 1 saturated carbocycles. The van der Waals surface area contributed by atoms with Crippen molar-refractivity contribution in [2.24, 2.45) is 5.73 Å². The molecule has 3 heterocycles. The summed E-state index contributed by atoms with van der Waals surface area (Å²) in [6, 6.07) is 3.72. The summed E-state index contributed by atoms with van der Waals surface area (Å²) in [6.45, 7) is 0. The molecule has 0 aromatic carbocycles. The molecule has 2 aliphatic rings. The number of ether oxygens (including phenoxy) is 1. The van der Waals surface area contributed by atoms with Crippen LogP contribution in [0.25, 0.3) is 11.3 Å². The highest BCUT2D eigenvalue weighted by Gasteiger charge is 2.47. The third-order valence-corrected chi connectivity index (χ3v) is 4.09. The second kappa shape index (κ2) is 3.38. The molecule has 1 spiro atoms. The number of amides is 1. The van der Waals surface area contributed by atoms with Crippen LogP contribution in [-0.2, 0) is 5.60 Å². The second-order valence-corrected chi connectivity index (χ2v) is 5.16. The summed E-state index contributed by atoms with van der Waals surface area (Å²) in [5.41, 5.74) is 8.44. The maximum absolute atomic E-state index is 11.4. The zero-order chi connectivity index (χ0) is 13.0. The molecular weight excluding hydrogens is 242 g/mol. The summed E-state index contributed by atoms with van der Waals surface area (Å²) >= 11 is 0. The number of hydrogen-bond donors (Lipinski definition) is 2. The van der Waals surface area contributed by atoms with Crippen molar-refractivity contribution in [2.75, 3.05) is 0 Å². The van der Waals surface area contributed by atoms with E-state index in [1.54, 1.807) is 12.4 Å². The minimum absolute atomic E-state index is 0.296. The van der Waals surface area contributed by atoms with E-state index < -0.39 is 5.91 Å². The summed E-state index contributed by atoms with van der Waals surface area (Å²) < 4.78 is 6.14. The Balaban J connectivity index is 1.98. The molecule has 0 radical (unpaired) electrons. The van der Waals surface area contributed by atoms with Crippen LogP contribution < -0.4 is 10.5 Å². The molecule has 4 rings (SSSR count). The Labute approximate surface area is 109 Å². The summed E-state index contributed by atoms with van der Waals surface area (Å²) in [7, 11) is 0. The lowest BCUT2D eigenvalue weighted by atomic mass is 9.73. The highest BCUT2D eigenvalue weighted by Crippen LogP contribution is 2.53. The monoisotopic (exact) mass is 255 g/mol. The van der Waals surface area contributed by atoms with Gasteiger partial charge in [0, 0.05) is 17.3 Å². The maximum atomic E-state index is 11.4. The molecular formula is C14H13N3O2. The number of hydrogen-bond acceptors (Lipinski definition) is 3. The molecule has 2 aromatic heterocycles. The van der Waals surface area contributed by atoms with Crippen molar-refractivity contribution in [3.63, 3.8) is 0 Å². The molecule has 2 aromatic rings. The van der Waals surface area contributed by atoms with Gasteiger partial charge < -0.3 is 15.5 Å². The van der Waals surface area contributed by atoms with Crippen molar-refractivity contribution in [3.05, 3.63) is 35.8 Å². The van der Waals surface area contributed by atoms with Gasteiger partial charge in [0.2, 0.25) is 0 Å². The van der Waals surface area contributed by atoms with E-state index in [9.17, 15) is 4.79 Å². The third-order valence-electron chi connectivity index (χ3n) is 4.09. The van der Waals surface area contributed by atoms with E-state index in [1.807, 2.05) is 12.1 Å². The Kier molecular flexibility index (Phi) is 1.88. The maximum Gasteiger partial charge on any atom is 0.265 e. The van der Waals surface area contributed by atoms with Crippen molar-refractivity contribution in [1.82, 2.24) is 9.97 Å². The highest BCUT2D eigenvalue weighted by molar-refractivity contribution is 5.93. The number of nitrogens with zero attached hydrogens (tertiary/aromatic N) is 1. The zero-order valence-electron chi connectivity index (χ0n) is 10.3. The van der Waals surface area contributed by atoms with Crippen LogP contribution in [0.15, 0.2) is 24.5 Å². The van der Waals surface area contributed by atoms with Crippen LogP contribution in [0.1, 0.15) is 35.3 Å². The number of aromatic nitrogens is 2. The van der Waals surface area contributed by atoms with Crippen LogP contribution in [-0.4, -0.2) is 15.9 Å². The van der Waals surface area contributed by atoms with Crippen molar-refractivity contribution in [2.45, 2.75) is 24.9 Å². The van der Waals surface area contributed by atoms with Gasteiger partial charge in [0.1, 0.15) is 17.0 Å². The molecule has 0 saturated heterocycles. The van der Waals surface area contributed by atoms with Crippen LogP contribution in [0.5, 0.6) is 5.75 Å². The summed E-state index contributed by atoms with van der Waals surface area (Å²) in [5.74, 6) is 0.326. The molecule has 1 amide bonds. The number of H-pyrrole nitrogens is 1. The van der Waals surface area contributed by atoms with Gasteiger partial charge in [-0.2, -0.15) is 0 Å². The van der Waals surface area contributed by atoms with Crippen LogP contribution in [0.2, 0.25) is 0 Å². The fourth-order valence-corrected chi connectivity index (χ4v) is 2.96. The first kappa shape index (κ1) is 10.6. The first-order valence-corrected chi connectivity index (χ1v) is 6.36. The smallest absolute Gasteiger partial charge is 0.265 e. The van der Waals surface area contributed by atoms with Gasteiger partial charge in [-0.25, -0.2) is 0 Å². The van der Waals surface area contributed by atoms with Gasteiger partial charge >= 0.3 is 0 Å². The Morgan fingerprint density at radius 1 is 1.47 bits per heavy atom. The van der Waals surface area contributed by atoms with Gasteiger partial charge in [-0.05, 0) is 31.4 Å². The molecule has 1 aliphatic heterocycles. The van der Waals surface area contributed by atoms with E-state index in [0.717, 1.165) is 41.8 Å². The van der Waals surface area contributed by atoms with Gasteiger partial charge in [-0.1, -0.05) is 0 Å². The molecule has 0 bridgehead atoms. The quantitative estimate of drug-likeness (QED) is 0.817. The minimum Gasteiger partial charge on any atom is -0.480 e. The van der Waals surface area contributed by atoms with Crippen LogP contribution in [0.3, 0.4) is 0 Å². The van der Waals surface area contributed by atoms with Crippen molar-refractivity contribution >= 4 is 5.91 Å². The largest absolute Gasteiger partial charge is 0.480 e. The number of nitrogens with one attached hydrogen (secondary N) is 1. The fraction of sp³-hybridized carbons (Fsp3) is 0.286. The highest BCUT2D eigenvalue weighted by atomic mass is 16.5. The number of pyridine rings is 1. The van der Waals surface area contributed by atoms with Gasteiger partial charge in [-0.3, -0.25) is 9.78 Å². The molecule has 19 heavy (non-hydrogen) atoms. The lowest BCUT2D eigenvalue weighted by Crippen LogP contribution is -2.42.